The summed E-state index contributed by atoms with van der Waals surface area (Å²) in [7, 11) is 1.64. The van der Waals surface area contributed by atoms with Crippen LogP contribution in [0.2, 0.25) is 0 Å². The fourth-order valence-corrected chi connectivity index (χ4v) is 3.60. The molecule has 3 rings (SSSR count). The van der Waals surface area contributed by atoms with Gasteiger partial charge in [-0.25, -0.2) is 9.98 Å². The fourth-order valence-electron chi connectivity index (χ4n) is 2.49. The number of benzene rings is 1. The molecule has 1 fully saturated rings. The summed E-state index contributed by atoms with van der Waals surface area (Å²) in [6.07, 6.45) is 1.69. The van der Waals surface area contributed by atoms with Gasteiger partial charge in [-0.2, -0.15) is 0 Å². The number of hydrogen-bond acceptors (Lipinski definition) is 5. The van der Waals surface area contributed by atoms with E-state index in [1.54, 1.807) is 18.2 Å². The summed E-state index contributed by atoms with van der Waals surface area (Å²) in [6.45, 7) is 4.47. The van der Waals surface area contributed by atoms with Crippen molar-refractivity contribution in [1.29, 1.82) is 0 Å². The second-order valence-electron chi connectivity index (χ2n) is 5.42. The summed E-state index contributed by atoms with van der Waals surface area (Å²) >= 11 is 1.39. The van der Waals surface area contributed by atoms with Crippen molar-refractivity contribution < 1.29 is 9.53 Å². The number of rotatable bonds is 4. The van der Waals surface area contributed by atoms with Crippen molar-refractivity contribution in [2.24, 2.45) is 4.99 Å². The average Bonchev–Trinajstić information content (AvgIpc) is 2.97. The van der Waals surface area contributed by atoms with Gasteiger partial charge in [-0.15, -0.1) is 0 Å². The quantitative estimate of drug-likeness (QED) is 0.777. The molecular formula is C19H19N3O2S. The molecule has 1 saturated heterocycles. The Balaban J connectivity index is 1.96. The molecule has 0 bridgehead atoms. The zero-order chi connectivity index (χ0) is 17.8. The fraction of sp³-hybridized carbons (Fsp3) is 0.211. The molecule has 128 valence electrons. The normalized spacial score (nSPS) is 18.0. The molecule has 0 saturated carbocycles. The number of carbonyl (C=O) groups excluding carboxylic acids is 1. The van der Waals surface area contributed by atoms with Crippen LogP contribution < -0.4 is 4.74 Å². The van der Waals surface area contributed by atoms with Gasteiger partial charge in [0, 0.05) is 12.7 Å². The minimum absolute atomic E-state index is 0.0181. The zero-order valence-corrected chi connectivity index (χ0v) is 15.2. The van der Waals surface area contributed by atoms with E-state index in [-0.39, 0.29) is 5.91 Å². The van der Waals surface area contributed by atoms with Crippen molar-refractivity contribution in [3.63, 3.8) is 0 Å². The highest BCUT2D eigenvalue weighted by Crippen LogP contribution is 2.37. The molecule has 1 aliphatic heterocycles. The van der Waals surface area contributed by atoms with Crippen LogP contribution in [0, 0.1) is 0 Å². The van der Waals surface area contributed by atoms with Crippen LogP contribution in [0.5, 0.6) is 5.75 Å². The smallest absolute Gasteiger partial charge is 0.267 e. The van der Waals surface area contributed by atoms with E-state index in [9.17, 15) is 4.79 Å². The van der Waals surface area contributed by atoms with Crippen molar-refractivity contribution in [3.05, 3.63) is 59.1 Å². The largest absolute Gasteiger partial charge is 0.497 e. The zero-order valence-electron chi connectivity index (χ0n) is 14.4. The Labute approximate surface area is 151 Å². The first-order chi connectivity index (χ1) is 12.1. The number of hydrogen-bond donors (Lipinski definition) is 0. The Morgan fingerprint density at radius 2 is 2.00 bits per heavy atom. The maximum Gasteiger partial charge on any atom is 0.267 e. The van der Waals surface area contributed by atoms with Crippen molar-refractivity contribution in [2.75, 3.05) is 13.7 Å². The average molecular weight is 353 g/mol. The molecule has 0 unspecified atom stereocenters. The molecule has 6 heteroatoms. The van der Waals surface area contributed by atoms with Gasteiger partial charge in [-0.3, -0.25) is 9.69 Å². The molecule has 1 aromatic carbocycles. The first-order valence-electron chi connectivity index (χ1n) is 7.98. The number of methoxy groups -OCH3 is 1. The van der Waals surface area contributed by atoms with E-state index < -0.39 is 0 Å². The third-order valence-corrected chi connectivity index (χ3v) is 5.08. The predicted octanol–water partition coefficient (Wildman–Crippen LogP) is 4.10. The molecular weight excluding hydrogens is 334 g/mol. The summed E-state index contributed by atoms with van der Waals surface area (Å²) in [5.41, 5.74) is 1.93. The Morgan fingerprint density at radius 1 is 1.24 bits per heavy atom. The van der Waals surface area contributed by atoms with Gasteiger partial charge >= 0.3 is 0 Å². The molecule has 0 aliphatic carbocycles. The lowest BCUT2D eigenvalue weighted by molar-refractivity contribution is -0.122. The van der Waals surface area contributed by atoms with Gasteiger partial charge in [0.1, 0.15) is 5.75 Å². The van der Waals surface area contributed by atoms with Gasteiger partial charge in [-0.05, 0) is 61.0 Å². The van der Waals surface area contributed by atoms with Crippen LogP contribution in [0.15, 0.2) is 58.6 Å². The van der Waals surface area contributed by atoms with E-state index in [0.29, 0.717) is 22.4 Å². The lowest BCUT2D eigenvalue weighted by atomic mass is 10.1. The molecule has 2 heterocycles. The maximum absolute atomic E-state index is 12.8. The van der Waals surface area contributed by atoms with E-state index in [1.807, 2.05) is 56.3 Å². The number of nitrogens with zero attached hydrogens (tertiary/aromatic N) is 3. The van der Waals surface area contributed by atoms with Crippen LogP contribution in [0.1, 0.15) is 19.4 Å². The number of pyridine rings is 1. The minimum atomic E-state index is -0.0181. The highest BCUT2D eigenvalue weighted by Gasteiger charge is 2.34. The summed E-state index contributed by atoms with van der Waals surface area (Å²) in [6, 6.07) is 13.2. The molecule has 0 N–H and O–H groups in total. The van der Waals surface area contributed by atoms with Crippen LogP contribution in [-0.4, -0.2) is 34.6 Å². The topological polar surface area (TPSA) is 54.8 Å². The number of aromatic nitrogens is 1. The molecule has 1 amide bonds. The molecule has 25 heavy (non-hydrogen) atoms. The van der Waals surface area contributed by atoms with Gasteiger partial charge in [0.15, 0.2) is 11.0 Å². The second-order valence-corrected chi connectivity index (χ2v) is 6.39. The molecule has 2 aromatic rings. The van der Waals surface area contributed by atoms with Gasteiger partial charge in [0.2, 0.25) is 0 Å². The van der Waals surface area contributed by atoms with Crippen molar-refractivity contribution in [2.45, 2.75) is 13.8 Å². The molecule has 5 nitrogen and oxygen atoms in total. The second kappa shape index (κ2) is 7.53. The van der Waals surface area contributed by atoms with Crippen LogP contribution in [0.3, 0.4) is 0 Å². The standard InChI is InChI=1S/C19H19N3O2S/c1-4-22-18(23)17(13(2)14-8-10-15(24-3)11-9-14)25-19(22)21-16-7-5-6-12-20-16/h5-12H,4H2,1-3H3/b17-13-,21-19+. The maximum atomic E-state index is 12.8. The number of aliphatic imine (C=N–C) groups is 1. The van der Waals surface area contributed by atoms with Crippen molar-refractivity contribution >= 4 is 34.2 Å². The van der Waals surface area contributed by atoms with Gasteiger partial charge in [-0.1, -0.05) is 18.2 Å². The van der Waals surface area contributed by atoms with E-state index >= 15 is 0 Å². The summed E-state index contributed by atoms with van der Waals surface area (Å²) in [5.74, 6) is 1.37. The van der Waals surface area contributed by atoms with Crippen LogP contribution in [-0.2, 0) is 4.79 Å². The Kier molecular flexibility index (Phi) is 5.19. The lowest BCUT2D eigenvalue weighted by Crippen LogP contribution is -2.28. The highest BCUT2D eigenvalue weighted by atomic mass is 32.2. The number of allylic oxidation sites excluding steroid dienone is 1. The molecule has 1 aromatic heterocycles. The van der Waals surface area contributed by atoms with Crippen molar-refractivity contribution in [3.8, 4) is 5.75 Å². The van der Waals surface area contributed by atoms with E-state index in [1.165, 1.54) is 11.8 Å². The number of amides is 1. The molecule has 0 radical (unpaired) electrons. The van der Waals surface area contributed by atoms with Crippen LogP contribution in [0.4, 0.5) is 5.82 Å². The predicted molar refractivity (Wildman–Crippen MR) is 102 cm³/mol. The minimum Gasteiger partial charge on any atom is -0.497 e. The van der Waals surface area contributed by atoms with E-state index in [2.05, 4.69) is 9.98 Å². The number of amidine groups is 1. The lowest BCUT2D eigenvalue weighted by Gasteiger charge is -2.12. The Hall–Kier alpha value is -2.60. The highest BCUT2D eigenvalue weighted by molar-refractivity contribution is 8.18. The molecule has 1 aliphatic rings. The summed E-state index contributed by atoms with van der Waals surface area (Å²) < 4.78 is 5.19. The SMILES string of the molecule is CCN1C(=O)/C(=C(\C)c2ccc(OC)cc2)S/C1=N/c1ccccn1. The summed E-state index contributed by atoms with van der Waals surface area (Å²) in [5, 5.41) is 0.661. The van der Waals surface area contributed by atoms with E-state index in [0.717, 1.165) is 16.9 Å². The first-order valence-corrected chi connectivity index (χ1v) is 8.80. The van der Waals surface area contributed by atoms with Gasteiger partial charge < -0.3 is 4.74 Å². The molecule has 0 atom stereocenters. The van der Waals surface area contributed by atoms with Crippen LogP contribution >= 0.6 is 11.8 Å². The Morgan fingerprint density at radius 3 is 2.60 bits per heavy atom. The van der Waals surface area contributed by atoms with Gasteiger partial charge in [0.25, 0.3) is 5.91 Å². The van der Waals surface area contributed by atoms with Crippen molar-refractivity contribution in [1.82, 2.24) is 9.88 Å². The Bertz CT molecular complexity index is 830. The number of likely N-dealkylation sites (N-methyl/N-ethyl adjacent to an activating group) is 1. The number of carbonyl (C=O) groups is 1. The first kappa shape index (κ1) is 17.2. The van der Waals surface area contributed by atoms with Gasteiger partial charge in [0.05, 0.1) is 12.0 Å². The number of ether oxygens (including phenoxy) is 1. The van der Waals surface area contributed by atoms with Crippen LogP contribution in [0.25, 0.3) is 5.57 Å². The monoisotopic (exact) mass is 353 g/mol. The summed E-state index contributed by atoms with van der Waals surface area (Å²) in [4.78, 5) is 23.9. The third-order valence-electron chi connectivity index (χ3n) is 3.90. The molecule has 0 spiro atoms. The van der Waals surface area contributed by atoms with E-state index in [4.69, 9.17) is 4.74 Å². The third kappa shape index (κ3) is 3.58. The number of thioether (sulfide) groups is 1.